The van der Waals surface area contributed by atoms with Crippen molar-refractivity contribution in [1.29, 1.82) is 0 Å². The highest BCUT2D eigenvalue weighted by Gasteiger charge is 2.45. The van der Waals surface area contributed by atoms with Crippen molar-refractivity contribution >= 4 is 0 Å². The lowest BCUT2D eigenvalue weighted by molar-refractivity contribution is -0.0920. The highest BCUT2D eigenvalue weighted by Crippen LogP contribution is 2.41. The Balaban J connectivity index is 2.11. The third-order valence-electron chi connectivity index (χ3n) is 4.86. The molecule has 0 spiro atoms. The predicted octanol–water partition coefficient (Wildman–Crippen LogP) is 2.00. The van der Waals surface area contributed by atoms with Gasteiger partial charge in [0, 0.05) is 24.7 Å². The van der Waals surface area contributed by atoms with E-state index in [1.165, 1.54) is 25.7 Å². The molecule has 100 valence electrons. The lowest BCUT2D eigenvalue weighted by Crippen LogP contribution is -2.61. The zero-order chi connectivity index (χ0) is 12.5. The minimum Gasteiger partial charge on any atom is -0.376 e. The summed E-state index contributed by atoms with van der Waals surface area (Å²) in [5, 5.41) is 0. The van der Waals surface area contributed by atoms with Gasteiger partial charge in [-0.15, -0.1) is 0 Å². The van der Waals surface area contributed by atoms with Crippen LogP contribution in [0.15, 0.2) is 0 Å². The lowest BCUT2D eigenvalue weighted by atomic mass is 9.90. The Morgan fingerprint density at radius 3 is 2.76 bits per heavy atom. The Labute approximate surface area is 106 Å². The first kappa shape index (κ1) is 13.3. The van der Waals surface area contributed by atoms with Gasteiger partial charge in [0.1, 0.15) is 0 Å². The van der Waals surface area contributed by atoms with Gasteiger partial charge < -0.3 is 10.5 Å². The molecular formula is C14H28N2O. The molecule has 0 aromatic heterocycles. The van der Waals surface area contributed by atoms with Crippen molar-refractivity contribution in [3.05, 3.63) is 0 Å². The van der Waals surface area contributed by atoms with Crippen LogP contribution in [-0.4, -0.2) is 42.3 Å². The second kappa shape index (κ2) is 5.25. The zero-order valence-corrected chi connectivity index (χ0v) is 11.6. The molecule has 1 aliphatic carbocycles. The van der Waals surface area contributed by atoms with Gasteiger partial charge in [0.05, 0.1) is 12.7 Å². The minimum atomic E-state index is 0.262. The third-order valence-corrected chi connectivity index (χ3v) is 4.86. The third kappa shape index (κ3) is 2.51. The molecule has 1 aliphatic heterocycles. The number of ether oxygens (including phenoxy) is 1. The van der Waals surface area contributed by atoms with E-state index in [-0.39, 0.29) is 5.54 Å². The van der Waals surface area contributed by atoms with E-state index in [0.717, 1.165) is 25.6 Å². The molecule has 2 rings (SSSR count). The van der Waals surface area contributed by atoms with Crippen LogP contribution < -0.4 is 5.73 Å². The van der Waals surface area contributed by atoms with Crippen molar-refractivity contribution in [1.82, 2.24) is 4.90 Å². The second-order valence-corrected chi connectivity index (χ2v) is 6.09. The van der Waals surface area contributed by atoms with E-state index in [0.29, 0.717) is 12.1 Å². The second-order valence-electron chi connectivity index (χ2n) is 6.09. The predicted molar refractivity (Wildman–Crippen MR) is 71.0 cm³/mol. The molecule has 2 N–H and O–H groups in total. The molecule has 4 unspecified atom stereocenters. The van der Waals surface area contributed by atoms with Crippen molar-refractivity contribution in [2.75, 3.05) is 19.7 Å². The Hall–Kier alpha value is -0.120. The van der Waals surface area contributed by atoms with Crippen LogP contribution in [0.5, 0.6) is 0 Å². The lowest BCUT2D eigenvalue weighted by Gasteiger charge is -2.48. The number of morpholine rings is 1. The Morgan fingerprint density at radius 1 is 1.41 bits per heavy atom. The molecule has 0 bridgehead atoms. The molecular weight excluding hydrogens is 212 g/mol. The number of hydrogen-bond donors (Lipinski definition) is 1. The van der Waals surface area contributed by atoms with Gasteiger partial charge in [-0.1, -0.05) is 13.3 Å². The monoisotopic (exact) mass is 240 g/mol. The van der Waals surface area contributed by atoms with Crippen molar-refractivity contribution in [2.24, 2.45) is 11.7 Å². The summed E-state index contributed by atoms with van der Waals surface area (Å²) in [6, 6.07) is 0.519. The van der Waals surface area contributed by atoms with Gasteiger partial charge >= 0.3 is 0 Å². The summed E-state index contributed by atoms with van der Waals surface area (Å²) in [4.78, 5) is 2.65. The summed E-state index contributed by atoms with van der Waals surface area (Å²) < 4.78 is 5.74. The van der Waals surface area contributed by atoms with Gasteiger partial charge in [0.25, 0.3) is 0 Å². The number of hydrogen-bond acceptors (Lipinski definition) is 3. The summed E-state index contributed by atoms with van der Waals surface area (Å²) in [6.07, 6.45) is 5.58. The highest BCUT2D eigenvalue weighted by atomic mass is 16.5. The minimum absolute atomic E-state index is 0.262. The fraction of sp³-hybridized carbons (Fsp3) is 1.00. The van der Waals surface area contributed by atoms with Crippen LogP contribution in [0.2, 0.25) is 0 Å². The highest BCUT2D eigenvalue weighted by molar-refractivity contribution is 5.01. The molecule has 0 aromatic carbocycles. The first-order valence-corrected chi connectivity index (χ1v) is 7.19. The van der Waals surface area contributed by atoms with E-state index in [2.05, 4.69) is 25.7 Å². The van der Waals surface area contributed by atoms with E-state index >= 15 is 0 Å². The van der Waals surface area contributed by atoms with Crippen LogP contribution in [-0.2, 0) is 4.74 Å². The van der Waals surface area contributed by atoms with Crippen molar-refractivity contribution in [3.8, 4) is 0 Å². The molecule has 17 heavy (non-hydrogen) atoms. The quantitative estimate of drug-likeness (QED) is 0.820. The number of nitrogens with two attached hydrogens (primary N) is 1. The molecule has 0 aromatic rings. The summed E-state index contributed by atoms with van der Waals surface area (Å²) >= 11 is 0. The van der Waals surface area contributed by atoms with Gasteiger partial charge in [-0.3, -0.25) is 4.90 Å². The van der Waals surface area contributed by atoms with E-state index in [1.54, 1.807) is 0 Å². The van der Waals surface area contributed by atoms with E-state index in [4.69, 9.17) is 10.5 Å². The standard InChI is InChI=1S/C14H28N2O/c1-4-13-5-6-14(7-13,10-15)16-8-12(3)17-9-11(16)2/h11-13H,4-10,15H2,1-3H3. The molecule has 1 saturated heterocycles. The van der Waals surface area contributed by atoms with Crippen LogP contribution in [0.4, 0.5) is 0 Å². The Morgan fingerprint density at radius 2 is 2.18 bits per heavy atom. The first-order valence-electron chi connectivity index (χ1n) is 7.19. The Bertz CT molecular complexity index is 259. The normalized spacial score (nSPS) is 44.1. The van der Waals surface area contributed by atoms with Gasteiger partial charge in [-0.25, -0.2) is 0 Å². The maximum atomic E-state index is 6.14. The van der Waals surface area contributed by atoms with E-state index in [1.807, 2.05) is 0 Å². The largest absolute Gasteiger partial charge is 0.376 e. The molecule has 3 heteroatoms. The van der Waals surface area contributed by atoms with Gasteiger partial charge in [-0.05, 0) is 39.0 Å². The van der Waals surface area contributed by atoms with Crippen molar-refractivity contribution in [3.63, 3.8) is 0 Å². The molecule has 0 radical (unpaired) electrons. The average Bonchev–Trinajstić information content (AvgIpc) is 2.77. The molecule has 0 amide bonds. The van der Waals surface area contributed by atoms with Crippen molar-refractivity contribution < 1.29 is 4.74 Å². The topological polar surface area (TPSA) is 38.5 Å². The average molecular weight is 240 g/mol. The van der Waals surface area contributed by atoms with E-state index < -0.39 is 0 Å². The summed E-state index contributed by atoms with van der Waals surface area (Å²) in [6.45, 7) is 9.48. The van der Waals surface area contributed by atoms with Gasteiger partial charge in [0.2, 0.25) is 0 Å². The maximum Gasteiger partial charge on any atom is 0.0675 e. The van der Waals surface area contributed by atoms with Crippen LogP contribution in [0, 0.1) is 5.92 Å². The SMILES string of the molecule is CCC1CCC(CN)(N2CC(C)OCC2C)C1. The summed E-state index contributed by atoms with van der Waals surface area (Å²) in [5.74, 6) is 0.879. The van der Waals surface area contributed by atoms with Crippen LogP contribution in [0.25, 0.3) is 0 Å². The van der Waals surface area contributed by atoms with Crippen LogP contribution >= 0.6 is 0 Å². The first-order chi connectivity index (χ1) is 8.11. The van der Waals surface area contributed by atoms with Crippen LogP contribution in [0.1, 0.15) is 46.5 Å². The van der Waals surface area contributed by atoms with Crippen LogP contribution in [0.3, 0.4) is 0 Å². The number of rotatable bonds is 3. The molecule has 4 atom stereocenters. The summed E-state index contributed by atoms with van der Waals surface area (Å²) in [5.41, 5.74) is 6.40. The summed E-state index contributed by atoms with van der Waals surface area (Å²) in [7, 11) is 0. The van der Waals surface area contributed by atoms with Crippen molar-refractivity contribution in [2.45, 2.75) is 64.1 Å². The molecule has 2 aliphatic rings. The zero-order valence-electron chi connectivity index (χ0n) is 11.6. The fourth-order valence-corrected chi connectivity index (χ4v) is 3.69. The Kier molecular flexibility index (Phi) is 4.11. The van der Waals surface area contributed by atoms with E-state index in [9.17, 15) is 0 Å². The fourth-order valence-electron chi connectivity index (χ4n) is 3.69. The molecule has 2 fully saturated rings. The number of nitrogens with zero attached hydrogens (tertiary/aromatic N) is 1. The smallest absolute Gasteiger partial charge is 0.0675 e. The van der Waals surface area contributed by atoms with Gasteiger partial charge in [-0.2, -0.15) is 0 Å². The maximum absolute atomic E-state index is 6.14. The molecule has 1 heterocycles. The molecule has 3 nitrogen and oxygen atoms in total. The molecule has 1 saturated carbocycles. The van der Waals surface area contributed by atoms with Gasteiger partial charge in [0.15, 0.2) is 0 Å².